The number of aliphatic hydroxyl groups excluding tert-OH is 1. The molecule has 0 aliphatic carbocycles. The third kappa shape index (κ3) is 3.19. The summed E-state index contributed by atoms with van der Waals surface area (Å²) in [5, 5.41) is 27.6. The summed E-state index contributed by atoms with van der Waals surface area (Å²) in [4.78, 5) is 10.8. The van der Waals surface area contributed by atoms with Gasteiger partial charge < -0.3 is 10.4 Å². The second-order valence-electron chi connectivity index (χ2n) is 4.71. The van der Waals surface area contributed by atoms with Gasteiger partial charge in [0.05, 0.1) is 11.5 Å². The van der Waals surface area contributed by atoms with E-state index in [9.17, 15) is 10.1 Å². The molecule has 0 radical (unpaired) electrons. The molecule has 0 fully saturated rings. The van der Waals surface area contributed by atoms with Gasteiger partial charge in [0.25, 0.3) is 0 Å². The van der Waals surface area contributed by atoms with E-state index < -0.39 is 4.92 Å². The summed E-state index contributed by atoms with van der Waals surface area (Å²) in [5.74, 6) is 0.395. The highest BCUT2D eigenvalue weighted by atomic mass is 16.6. The van der Waals surface area contributed by atoms with Gasteiger partial charge in [-0.2, -0.15) is 5.10 Å². The first-order chi connectivity index (χ1) is 10.1. The van der Waals surface area contributed by atoms with Crippen molar-refractivity contribution in [1.29, 1.82) is 0 Å². The third-order valence-electron chi connectivity index (χ3n) is 3.24. The Bertz CT molecular complexity index is 652. The van der Waals surface area contributed by atoms with Crippen molar-refractivity contribution in [1.82, 2.24) is 9.78 Å². The van der Waals surface area contributed by atoms with Crippen LogP contribution in [0.3, 0.4) is 0 Å². The number of aryl methyl sites for hydroxylation is 2. The molecular weight excluding hydrogens is 272 g/mol. The molecule has 0 aliphatic heterocycles. The molecule has 0 bridgehead atoms. The second kappa shape index (κ2) is 6.36. The summed E-state index contributed by atoms with van der Waals surface area (Å²) in [6, 6.07) is 7.42. The molecule has 0 amide bonds. The van der Waals surface area contributed by atoms with Gasteiger partial charge in [0.1, 0.15) is 5.69 Å². The molecule has 7 nitrogen and oxygen atoms in total. The summed E-state index contributed by atoms with van der Waals surface area (Å²) in [5.41, 5.74) is 2.24. The van der Waals surface area contributed by atoms with E-state index in [0.29, 0.717) is 24.5 Å². The first-order valence-electron chi connectivity index (χ1n) is 6.69. The van der Waals surface area contributed by atoms with Crippen LogP contribution in [0.1, 0.15) is 23.7 Å². The van der Waals surface area contributed by atoms with Crippen molar-refractivity contribution in [2.24, 2.45) is 7.05 Å². The van der Waals surface area contributed by atoms with Gasteiger partial charge in [-0.15, -0.1) is 0 Å². The number of rotatable bonds is 6. The van der Waals surface area contributed by atoms with Gasteiger partial charge in [0.2, 0.25) is 5.82 Å². The monoisotopic (exact) mass is 290 g/mol. The van der Waals surface area contributed by atoms with Gasteiger partial charge in [-0.25, -0.2) is 4.68 Å². The molecule has 2 rings (SSSR count). The van der Waals surface area contributed by atoms with E-state index >= 15 is 0 Å². The van der Waals surface area contributed by atoms with Gasteiger partial charge in [-0.3, -0.25) is 10.1 Å². The number of nitrogens with zero attached hydrogens (tertiary/aromatic N) is 3. The normalized spacial score (nSPS) is 10.6. The van der Waals surface area contributed by atoms with Crippen LogP contribution in [-0.4, -0.2) is 19.8 Å². The third-order valence-corrected chi connectivity index (χ3v) is 3.24. The summed E-state index contributed by atoms with van der Waals surface area (Å²) >= 11 is 0. The van der Waals surface area contributed by atoms with Crippen molar-refractivity contribution in [3.8, 4) is 0 Å². The fourth-order valence-corrected chi connectivity index (χ4v) is 2.22. The Labute approximate surface area is 122 Å². The first-order valence-corrected chi connectivity index (χ1v) is 6.69. The molecule has 1 heterocycles. The van der Waals surface area contributed by atoms with Crippen LogP contribution >= 0.6 is 0 Å². The van der Waals surface area contributed by atoms with Crippen molar-refractivity contribution in [3.63, 3.8) is 0 Å². The van der Waals surface area contributed by atoms with E-state index in [4.69, 9.17) is 5.11 Å². The lowest BCUT2D eigenvalue weighted by Crippen LogP contribution is -2.06. The summed E-state index contributed by atoms with van der Waals surface area (Å²) in [6.45, 7) is 2.24. The zero-order valence-corrected chi connectivity index (χ0v) is 12.0. The van der Waals surface area contributed by atoms with Gasteiger partial charge >= 0.3 is 5.69 Å². The van der Waals surface area contributed by atoms with E-state index in [1.807, 2.05) is 31.2 Å². The lowest BCUT2D eigenvalue weighted by molar-refractivity contribution is -0.384. The fourth-order valence-electron chi connectivity index (χ4n) is 2.22. The molecule has 1 aromatic heterocycles. The highest BCUT2D eigenvalue weighted by Gasteiger charge is 2.25. The molecule has 2 aromatic rings. The largest absolute Gasteiger partial charge is 0.392 e. The van der Waals surface area contributed by atoms with Crippen LogP contribution in [0.5, 0.6) is 0 Å². The van der Waals surface area contributed by atoms with Crippen LogP contribution < -0.4 is 5.32 Å². The minimum atomic E-state index is -0.404. The van der Waals surface area contributed by atoms with E-state index in [-0.39, 0.29) is 12.3 Å². The summed E-state index contributed by atoms with van der Waals surface area (Å²) in [6.07, 6.45) is 0.506. The highest BCUT2D eigenvalue weighted by molar-refractivity contribution is 5.60. The molecule has 0 unspecified atom stereocenters. The number of nitro groups is 1. The van der Waals surface area contributed by atoms with Crippen LogP contribution in [0.25, 0.3) is 0 Å². The lowest BCUT2D eigenvalue weighted by Gasteiger charge is -2.07. The molecule has 21 heavy (non-hydrogen) atoms. The molecule has 0 atom stereocenters. The number of aliphatic hydroxyl groups is 1. The molecule has 0 spiro atoms. The SMILES string of the molecule is CCc1nn(C)c(NCc2cccc(CO)c2)c1[N+](=O)[O-]. The van der Waals surface area contributed by atoms with Crippen molar-refractivity contribution in [2.45, 2.75) is 26.5 Å². The predicted molar refractivity (Wildman–Crippen MR) is 78.9 cm³/mol. The van der Waals surface area contributed by atoms with E-state index in [0.717, 1.165) is 11.1 Å². The maximum atomic E-state index is 11.2. The number of anilines is 1. The predicted octanol–water partition coefficient (Wildman–Crippen LogP) is 2.00. The number of aromatic nitrogens is 2. The number of benzene rings is 1. The Hall–Kier alpha value is -2.41. The average Bonchev–Trinajstić information content (AvgIpc) is 2.81. The number of hydrogen-bond donors (Lipinski definition) is 2. The lowest BCUT2D eigenvalue weighted by atomic mass is 10.1. The first kappa shape index (κ1) is 15.0. The Balaban J connectivity index is 2.23. The molecule has 112 valence electrons. The molecule has 1 aromatic carbocycles. The maximum absolute atomic E-state index is 11.2. The molecule has 0 aliphatic rings. The van der Waals surface area contributed by atoms with Gasteiger partial charge in [-0.05, 0) is 17.5 Å². The quantitative estimate of drug-likeness (QED) is 0.627. The molecule has 7 heteroatoms. The Morgan fingerprint density at radius 3 is 2.76 bits per heavy atom. The maximum Gasteiger partial charge on any atom is 0.333 e. The smallest absolute Gasteiger partial charge is 0.333 e. The van der Waals surface area contributed by atoms with Crippen molar-refractivity contribution in [2.75, 3.05) is 5.32 Å². The average molecular weight is 290 g/mol. The van der Waals surface area contributed by atoms with Crippen molar-refractivity contribution >= 4 is 11.5 Å². The Morgan fingerprint density at radius 2 is 2.14 bits per heavy atom. The van der Waals surface area contributed by atoms with Crippen molar-refractivity contribution in [3.05, 3.63) is 51.2 Å². The standard InChI is InChI=1S/C14H18N4O3/c1-3-12-13(18(20)21)14(17(2)16-12)15-8-10-5-4-6-11(7-10)9-19/h4-7,15,19H,3,8-9H2,1-2H3. The van der Waals surface area contributed by atoms with Crippen LogP contribution in [-0.2, 0) is 26.6 Å². The van der Waals surface area contributed by atoms with Crippen molar-refractivity contribution < 1.29 is 10.0 Å². The second-order valence-corrected chi connectivity index (χ2v) is 4.71. The minimum Gasteiger partial charge on any atom is -0.392 e. The summed E-state index contributed by atoms with van der Waals surface area (Å²) < 4.78 is 1.49. The van der Waals surface area contributed by atoms with E-state index in [1.165, 1.54) is 4.68 Å². The topological polar surface area (TPSA) is 93.2 Å². The van der Waals surface area contributed by atoms with E-state index in [2.05, 4.69) is 10.4 Å². The Kier molecular flexibility index (Phi) is 4.54. The van der Waals surface area contributed by atoms with Gasteiger partial charge in [-0.1, -0.05) is 31.2 Å². The molecule has 0 saturated carbocycles. The number of nitrogens with one attached hydrogen (secondary N) is 1. The van der Waals surface area contributed by atoms with Gasteiger partial charge in [0, 0.05) is 13.6 Å². The zero-order valence-electron chi connectivity index (χ0n) is 12.0. The van der Waals surface area contributed by atoms with E-state index in [1.54, 1.807) is 7.05 Å². The molecule has 2 N–H and O–H groups in total. The highest BCUT2D eigenvalue weighted by Crippen LogP contribution is 2.28. The summed E-state index contributed by atoms with van der Waals surface area (Å²) in [7, 11) is 1.68. The molecule has 0 saturated heterocycles. The molecular formula is C14H18N4O3. The Morgan fingerprint density at radius 1 is 1.43 bits per heavy atom. The zero-order chi connectivity index (χ0) is 15.4. The fraction of sp³-hybridized carbons (Fsp3) is 0.357. The van der Waals surface area contributed by atoms with Crippen LogP contribution in [0.2, 0.25) is 0 Å². The van der Waals surface area contributed by atoms with Gasteiger partial charge in [0.15, 0.2) is 0 Å². The van der Waals surface area contributed by atoms with Crippen LogP contribution in [0.4, 0.5) is 11.5 Å². The van der Waals surface area contributed by atoms with Crippen LogP contribution in [0.15, 0.2) is 24.3 Å². The number of hydrogen-bond acceptors (Lipinski definition) is 5. The van der Waals surface area contributed by atoms with Crippen LogP contribution in [0, 0.1) is 10.1 Å². The minimum absolute atomic E-state index is 0.0262.